The molecule has 0 saturated carbocycles. The molecule has 1 heterocycles. The second-order valence-corrected chi connectivity index (χ2v) is 11.2. The van der Waals surface area contributed by atoms with Crippen LogP contribution in [0.2, 0.25) is 0 Å². The molecule has 188 valence electrons. The molecule has 0 spiro atoms. The first-order chi connectivity index (χ1) is 16.6. The summed E-state index contributed by atoms with van der Waals surface area (Å²) in [5.74, 6) is 0.300. The van der Waals surface area contributed by atoms with Crippen LogP contribution in [0.25, 0.3) is 0 Å². The third-order valence-electron chi connectivity index (χ3n) is 6.36. The lowest BCUT2D eigenvalue weighted by Gasteiger charge is -2.35. The maximum absolute atomic E-state index is 13.9. The van der Waals surface area contributed by atoms with Crippen molar-refractivity contribution in [1.29, 1.82) is 0 Å². The van der Waals surface area contributed by atoms with Gasteiger partial charge in [-0.2, -0.15) is 9.29 Å². The van der Waals surface area contributed by atoms with E-state index in [1.807, 2.05) is 62.6 Å². The highest BCUT2D eigenvalue weighted by atomic mass is 32.2. The Kier molecular flexibility index (Phi) is 8.64. The number of hydrogen-bond acceptors (Lipinski definition) is 5. The summed E-state index contributed by atoms with van der Waals surface area (Å²) >= 11 is 0. The van der Waals surface area contributed by atoms with Crippen molar-refractivity contribution >= 4 is 10.0 Å². The van der Waals surface area contributed by atoms with E-state index in [0.29, 0.717) is 30.9 Å². The average Bonchev–Trinajstić information content (AvgIpc) is 2.83. The second-order valence-electron chi connectivity index (χ2n) is 9.32. The van der Waals surface area contributed by atoms with Crippen LogP contribution in [0.4, 0.5) is 0 Å². The SMILES string of the molecule is Cc1ccc(S(=O)(=O)N(CCCN)C(c2nc(=O)c(C)c(C)n2Cc2ccccc2)C(C)C)cc1. The fourth-order valence-electron chi connectivity index (χ4n) is 4.23. The van der Waals surface area contributed by atoms with Crippen molar-refractivity contribution in [1.82, 2.24) is 13.9 Å². The molecule has 0 saturated heterocycles. The summed E-state index contributed by atoms with van der Waals surface area (Å²) in [7, 11) is -3.89. The normalized spacial score (nSPS) is 12.9. The standard InChI is InChI=1S/C27H36N4O3S/c1-19(2)25(31(17-9-16-28)35(33,34)24-14-12-20(3)13-15-24)26-29-27(32)21(4)22(5)30(26)18-23-10-7-6-8-11-23/h6-8,10-15,19,25H,9,16-18,28H2,1-5H3. The number of aromatic nitrogens is 2. The largest absolute Gasteiger partial charge is 0.330 e. The number of hydrogen-bond donors (Lipinski definition) is 1. The average molecular weight is 497 g/mol. The Labute approximate surface area is 208 Å². The van der Waals surface area contributed by atoms with E-state index in [-0.39, 0.29) is 22.9 Å². The van der Waals surface area contributed by atoms with E-state index in [4.69, 9.17) is 5.73 Å². The van der Waals surface area contributed by atoms with Crippen LogP contribution in [0, 0.1) is 26.7 Å². The summed E-state index contributed by atoms with van der Waals surface area (Å²) in [6.45, 7) is 10.5. The van der Waals surface area contributed by atoms with Gasteiger partial charge in [-0.25, -0.2) is 8.42 Å². The zero-order chi connectivity index (χ0) is 25.8. The summed E-state index contributed by atoms with van der Waals surface area (Å²) in [5.41, 5.74) is 8.82. The van der Waals surface area contributed by atoms with Gasteiger partial charge in [0.05, 0.1) is 10.9 Å². The van der Waals surface area contributed by atoms with Gasteiger partial charge in [0, 0.05) is 24.3 Å². The van der Waals surface area contributed by atoms with Crippen molar-refractivity contribution in [3.63, 3.8) is 0 Å². The molecule has 35 heavy (non-hydrogen) atoms. The maximum Gasteiger partial charge on any atom is 0.276 e. The van der Waals surface area contributed by atoms with Gasteiger partial charge in [0.15, 0.2) is 0 Å². The van der Waals surface area contributed by atoms with Crippen LogP contribution in [0.3, 0.4) is 0 Å². The molecule has 0 aliphatic rings. The minimum absolute atomic E-state index is 0.149. The summed E-state index contributed by atoms with van der Waals surface area (Å²) < 4.78 is 31.4. The number of rotatable bonds is 10. The first kappa shape index (κ1) is 26.8. The Hall–Kier alpha value is -2.81. The number of benzene rings is 2. The highest BCUT2D eigenvalue weighted by Crippen LogP contribution is 2.33. The monoisotopic (exact) mass is 496 g/mol. The van der Waals surface area contributed by atoms with Gasteiger partial charge in [0.25, 0.3) is 5.56 Å². The lowest BCUT2D eigenvalue weighted by Crippen LogP contribution is -2.42. The number of sulfonamides is 1. The zero-order valence-corrected chi connectivity index (χ0v) is 22.0. The van der Waals surface area contributed by atoms with Crippen LogP contribution in [0.15, 0.2) is 64.3 Å². The topological polar surface area (TPSA) is 98.3 Å². The highest BCUT2D eigenvalue weighted by Gasteiger charge is 2.37. The summed E-state index contributed by atoms with van der Waals surface area (Å²) in [4.78, 5) is 17.6. The van der Waals surface area contributed by atoms with Crippen molar-refractivity contribution in [3.05, 3.63) is 93.2 Å². The minimum Gasteiger partial charge on any atom is -0.330 e. The Morgan fingerprint density at radius 2 is 1.63 bits per heavy atom. The van der Waals surface area contributed by atoms with Crippen molar-refractivity contribution in [2.24, 2.45) is 11.7 Å². The van der Waals surface area contributed by atoms with Crippen LogP contribution in [-0.4, -0.2) is 35.4 Å². The Morgan fingerprint density at radius 3 is 2.20 bits per heavy atom. The van der Waals surface area contributed by atoms with Gasteiger partial charge in [-0.05, 0) is 57.4 Å². The molecule has 2 N–H and O–H groups in total. The molecule has 1 unspecified atom stereocenters. The first-order valence-corrected chi connectivity index (χ1v) is 13.4. The van der Waals surface area contributed by atoms with E-state index in [0.717, 1.165) is 16.8 Å². The van der Waals surface area contributed by atoms with Crippen molar-refractivity contribution in [3.8, 4) is 0 Å². The van der Waals surface area contributed by atoms with E-state index in [1.165, 1.54) is 4.31 Å². The third kappa shape index (κ3) is 5.89. The lowest BCUT2D eigenvalue weighted by molar-refractivity contribution is 0.241. The zero-order valence-electron chi connectivity index (χ0n) is 21.2. The van der Waals surface area contributed by atoms with Crippen LogP contribution >= 0.6 is 0 Å². The second kappa shape index (κ2) is 11.3. The maximum atomic E-state index is 13.9. The number of nitrogens with two attached hydrogens (primary N) is 1. The molecule has 1 atom stereocenters. The third-order valence-corrected chi connectivity index (χ3v) is 8.26. The van der Waals surface area contributed by atoms with Crippen LogP contribution in [0.1, 0.15) is 54.5 Å². The molecule has 7 nitrogen and oxygen atoms in total. The smallest absolute Gasteiger partial charge is 0.276 e. The molecule has 2 aromatic carbocycles. The molecule has 3 rings (SSSR count). The molecule has 0 aliphatic carbocycles. The summed E-state index contributed by atoms with van der Waals surface area (Å²) in [5, 5.41) is 0. The van der Waals surface area contributed by atoms with Gasteiger partial charge in [-0.3, -0.25) is 4.79 Å². The predicted molar refractivity (Wildman–Crippen MR) is 140 cm³/mol. The molecule has 0 radical (unpaired) electrons. The molecule has 0 fully saturated rings. The summed E-state index contributed by atoms with van der Waals surface area (Å²) in [6, 6.07) is 16.1. The molecule has 0 bridgehead atoms. The van der Waals surface area contributed by atoms with Gasteiger partial charge < -0.3 is 10.3 Å². The highest BCUT2D eigenvalue weighted by molar-refractivity contribution is 7.89. The number of aryl methyl sites for hydroxylation is 1. The summed E-state index contributed by atoms with van der Waals surface area (Å²) in [6.07, 6.45) is 0.488. The van der Waals surface area contributed by atoms with E-state index >= 15 is 0 Å². The molecule has 1 aromatic heterocycles. The van der Waals surface area contributed by atoms with E-state index in [2.05, 4.69) is 4.98 Å². The Morgan fingerprint density at radius 1 is 1.00 bits per heavy atom. The fourth-order valence-corrected chi connectivity index (χ4v) is 5.99. The molecule has 3 aromatic rings. The molecule has 8 heteroatoms. The van der Waals surface area contributed by atoms with Gasteiger partial charge >= 0.3 is 0 Å². The quantitative estimate of drug-likeness (QED) is 0.458. The first-order valence-electron chi connectivity index (χ1n) is 12.0. The van der Waals surface area contributed by atoms with Crippen LogP contribution in [-0.2, 0) is 16.6 Å². The van der Waals surface area contributed by atoms with Gasteiger partial charge in [0.2, 0.25) is 10.0 Å². The molecule has 0 aliphatic heterocycles. The van der Waals surface area contributed by atoms with Crippen molar-refractivity contribution in [2.75, 3.05) is 13.1 Å². The fraction of sp³-hybridized carbons (Fsp3) is 0.407. The predicted octanol–water partition coefficient (Wildman–Crippen LogP) is 3.95. The molecular weight excluding hydrogens is 460 g/mol. The van der Waals surface area contributed by atoms with Gasteiger partial charge in [-0.1, -0.05) is 61.9 Å². The van der Waals surface area contributed by atoms with E-state index < -0.39 is 16.1 Å². The van der Waals surface area contributed by atoms with E-state index in [9.17, 15) is 13.2 Å². The van der Waals surface area contributed by atoms with Gasteiger partial charge in [-0.15, -0.1) is 0 Å². The van der Waals surface area contributed by atoms with Crippen LogP contribution in [0.5, 0.6) is 0 Å². The van der Waals surface area contributed by atoms with Crippen LogP contribution < -0.4 is 11.3 Å². The number of nitrogens with zero attached hydrogens (tertiary/aromatic N) is 3. The van der Waals surface area contributed by atoms with Crippen molar-refractivity contribution in [2.45, 2.75) is 58.5 Å². The molecule has 0 amide bonds. The van der Waals surface area contributed by atoms with E-state index in [1.54, 1.807) is 31.2 Å². The lowest BCUT2D eigenvalue weighted by atomic mass is 10.0. The minimum atomic E-state index is -3.89. The Bertz CT molecular complexity index is 1300. The van der Waals surface area contributed by atoms with Gasteiger partial charge in [0.1, 0.15) is 5.82 Å². The Balaban J connectivity index is 2.24. The van der Waals surface area contributed by atoms with Crippen molar-refractivity contribution < 1.29 is 8.42 Å². The molecular formula is C27H36N4O3S.